The molecule has 0 bridgehead atoms. The van der Waals surface area contributed by atoms with E-state index in [1.54, 1.807) is 6.92 Å². The zero-order valence-electron chi connectivity index (χ0n) is 15.3. The zero-order valence-corrected chi connectivity index (χ0v) is 15.3. The van der Waals surface area contributed by atoms with Crippen LogP contribution in [0.15, 0.2) is 24.3 Å². The standard InChI is InChI=1S/C19H23FO6/c1-5-25-17(23)11-15(14-9-7-8-10-16(14)20)19(12(3)21,13(4)22)18(24)26-6-2/h7-10,15H,5-6,11H2,1-4H3. The Labute approximate surface area is 151 Å². The summed E-state index contributed by atoms with van der Waals surface area (Å²) < 4.78 is 24.3. The van der Waals surface area contributed by atoms with Crippen LogP contribution < -0.4 is 0 Å². The molecule has 0 aliphatic rings. The molecule has 0 radical (unpaired) electrons. The van der Waals surface area contributed by atoms with Crippen LogP contribution in [-0.2, 0) is 28.7 Å². The van der Waals surface area contributed by atoms with Gasteiger partial charge in [0.25, 0.3) is 0 Å². The van der Waals surface area contributed by atoms with Crippen LogP contribution in [0.1, 0.15) is 45.6 Å². The summed E-state index contributed by atoms with van der Waals surface area (Å²) in [6, 6.07) is 5.38. The smallest absolute Gasteiger partial charge is 0.327 e. The monoisotopic (exact) mass is 366 g/mol. The van der Waals surface area contributed by atoms with Crippen molar-refractivity contribution >= 4 is 23.5 Å². The van der Waals surface area contributed by atoms with E-state index in [0.717, 1.165) is 19.9 Å². The summed E-state index contributed by atoms with van der Waals surface area (Å²) in [5.41, 5.74) is -2.43. The van der Waals surface area contributed by atoms with Gasteiger partial charge in [0, 0.05) is 5.92 Å². The molecule has 1 atom stereocenters. The molecule has 1 aromatic rings. The second kappa shape index (κ2) is 9.22. The molecule has 0 fully saturated rings. The summed E-state index contributed by atoms with van der Waals surface area (Å²) >= 11 is 0. The van der Waals surface area contributed by atoms with Gasteiger partial charge in [-0.05, 0) is 39.3 Å². The molecule has 1 aromatic carbocycles. The van der Waals surface area contributed by atoms with Gasteiger partial charge < -0.3 is 9.47 Å². The van der Waals surface area contributed by atoms with Gasteiger partial charge in [-0.25, -0.2) is 4.39 Å². The fourth-order valence-corrected chi connectivity index (χ4v) is 3.05. The first-order valence-electron chi connectivity index (χ1n) is 8.32. The molecule has 6 nitrogen and oxygen atoms in total. The summed E-state index contributed by atoms with van der Waals surface area (Å²) in [6.07, 6.45) is -0.521. The van der Waals surface area contributed by atoms with E-state index in [9.17, 15) is 23.6 Å². The Hall–Kier alpha value is -2.57. The first kappa shape index (κ1) is 21.5. The number of esters is 2. The van der Waals surface area contributed by atoms with Crippen molar-refractivity contribution in [2.75, 3.05) is 13.2 Å². The van der Waals surface area contributed by atoms with E-state index in [1.807, 2.05) is 0 Å². The van der Waals surface area contributed by atoms with Crippen molar-refractivity contribution in [3.63, 3.8) is 0 Å². The van der Waals surface area contributed by atoms with Crippen LogP contribution in [-0.4, -0.2) is 36.7 Å². The zero-order chi connectivity index (χ0) is 19.9. The molecule has 0 spiro atoms. The molecule has 0 aliphatic heterocycles. The Bertz CT molecular complexity index is 683. The van der Waals surface area contributed by atoms with Gasteiger partial charge in [0.1, 0.15) is 5.82 Å². The lowest BCUT2D eigenvalue weighted by atomic mass is 9.65. The van der Waals surface area contributed by atoms with Crippen LogP contribution in [0, 0.1) is 11.2 Å². The van der Waals surface area contributed by atoms with Crippen LogP contribution in [0.25, 0.3) is 0 Å². The highest BCUT2D eigenvalue weighted by Gasteiger charge is 2.57. The predicted octanol–water partition coefficient (Wildman–Crippen LogP) is 2.59. The van der Waals surface area contributed by atoms with E-state index in [4.69, 9.17) is 9.47 Å². The van der Waals surface area contributed by atoms with E-state index in [-0.39, 0.29) is 18.8 Å². The average Bonchev–Trinajstić information content (AvgIpc) is 2.55. The van der Waals surface area contributed by atoms with Gasteiger partial charge in [0.15, 0.2) is 17.0 Å². The number of rotatable bonds is 9. The van der Waals surface area contributed by atoms with Crippen molar-refractivity contribution in [1.82, 2.24) is 0 Å². The third kappa shape index (κ3) is 4.15. The lowest BCUT2D eigenvalue weighted by Crippen LogP contribution is -2.50. The van der Waals surface area contributed by atoms with E-state index in [1.165, 1.54) is 25.1 Å². The Morgan fingerprint density at radius 1 is 1.00 bits per heavy atom. The lowest BCUT2D eigenvalue weighted by Gasteiger charge is -2.34. The van der Waals surface area contributed by atoms with Crippen molar-refractivity contribution < 1.29 is 33.0 Å². The minimum Gasteiger partial charge on any atom is -0.466 e. The largest absolute Gasteiger partial charge is 0.466 e. The number of carbonyl (C=O) groups is 4. The topological polar surface area (TPSA) is 86.7 Å². The number of carbonyl (C=O) groups excluding carboxylic acids is 4. The van der Waals surface area contributed by atoms with Gasteiger partial charge in [0.05, 0.1) is 19.6 Å². The van der Waals surface area contributed by atoms with Crippen molar-refractivity contribution in [2.45, 2.75) is 40.0 Å². The molecule has 0 saturated carbocycles. The van der Waals surface area contributed by atoms with E-state index in [0.29, 0.717) is 0 Å². The first-order valence-corrected chi connectivity index (χ1v) is 8.32. The van der Waals surface area contributed by atoms with Crippen molar-refractivity contribution in [2.24, 2.45) is 5.41 Å². The summed E-state index contributed by atoms with van der Waals surface area (Å²) in [5, 5.41) is 0. The molecule has 0 aromatic heterocycles. The molecule has 142 valence electrons. The SMILES string of the molecule is CCOC(=O)CC(c1ccccc1F)C(C(C)=O)(C(C)=O)C(=O)OCC. The van der Waals surface area contributed by atoms with Gasteiger partial charge in [-0.2, -0.15) is 0 Å². The van der Waals surface area contributed by atoms with Crippen LogP contribution in [0.3, 0.4) is 0 Å². The number of hydrogen-bond acceptors (Lipinski definition) is 6. The van der Waals surface area contributed by atoms with Crippen LogP contribution in [0.4, 0.5) is 4.39 Å². The van der Waals surface area contributed by atoms with Gasteiger partial charge in [-0.3, -0.25) is 19.2 Å². The molecule has 1 rings (SSSR count). The quantitative estimate of drug-likeness (QED) is 0.493. The average molecular weight is 366 g/mol. The van der Waals surface area contributed by atoms with Gasteiger partial charge in [0.2, 0.25) is 0 Å². The molecular formula is C19H23FO6. The van der Waals surface area contributed by atoms with Gasteiger partial charge in [-0.15, -0.1) is 0 Å². The van der Waals surface area contributed by atoms with Gasteiger partial charge in [-0.1, -0.05) is 18.2 Å². The maximum absolute atomic E-state index is 14.5. The highest BCUT2D eigenvalue weighted by Crippen LogP contribution is 2.43. The summed E-state index contributed by atoms with van der Waals surface area (Å²) in [4.78, 5) is 49.8. The number of ether oxygens (including phenoxy) is 2. The van der Waals surface area contributed by atoms with Crippen LogP contribution in [0.5, 0.6) is 0 Å². The number of ketones is 2. The fraction of sp³-hybridized carbons (Fsp3) is 0.474. The third-order valence-electron chi connectivity index (χ3n) is 4.19. The minimum atomic E-state index is -2.33. The number of Topliss-reactive ketones (excluding diaryl/α,β-unsaturated/α-hetero) is 2. The minimum absolute atomic E-state index is 0.0649. The maximum Gasteiger partial charge on any atom is 0.327 e. The van der Waals surface area contributed by atoms with Crippen LogP contribution in [0.2, 0.25) is 0 Å². The Morgan fingerprint density at radius 2 is 1.54 bits per heavy atom. The van der Waals surface area contributed by atoms with E-state index in [2.05, 4.69) is 0 Å². The number of benzene rings is 1. The first-order chi connectivity index (χ1) is 12.2. The summed E-state index contributed by atoms with van der Waals surface area (Å²) in [6.45, 7) is 5.20. The molecular weight excluding hydrogens is 343 g/mol. The van der Waals surface area contributed by atoms with Crippen molar-refractivity contribution in [3.8, 4) is 0 Å². The Morgan fingerprint density at radius 3 is 2.00 bits per heavy atom. The predicted molar refractivity (Wildman–Crippen MR) is 90.8 cm³/mol. The van der Waals surface area contributed by atoms with E-state index >= 15 is 0 Å². The second-order valence-electron chi connectivity index (χ2n) is 5.72. The van der Waals surface area contributed by atoms with Crippen molar-refractivity contribution in [1.29, 1.82) is 0 Å². The molecule has 7 heteroatoms. The molecule has 0 N–H and O–H groups in total. The third-order valence-corrected chi connectivity index (χ3v) is 4.19. The molecule has 26 heavy (non-hydrogen) atoms. The molecule has 0 saturated heterocycles. The van der Waals surface area contributed by atoms with Crippen LogP contribution >= 0.6 is 0 Å². The molecule has 0 aliphatic carbocycles. The highest BCUT2D eigenvalue weighted by molar-refractivity contribution is 6.22. The molecule has 0 amide bonds. The summed E-state index contributed by atoms with van der Waals surface area (Å²) in [7, 11) is 0. The lowest BCUT2D eigenvalue weighted by molar-refractivity contribution is -0.165. The second-order valence-corrected chi connectivity index (χ2v) is 5.72. The maximum atomic E-state index is 14.5. The fourth-order valence-electron chi connectivity index (χ4n) is 3.05. The normalized spacial score (nSPS) is 12.2. The number of hydrogen-bond donors (Lipinski definition) is 0. The highest BCUT2D eigenvalue weighted by atomic mass is 19.1. The van der Waals surface area contributed by atoms with Crippen molar-refractivity contribution in [3.05, 3.63) is 35.6 Å². The summed E-state index contributed by atoms with van der Waals surface area (Å²) in [5.74, 6) is -5.61. The Kier molecular flexibility index (Phi) is 7.61. The molecule has 1 unspecified atom stereocenters. The van der Waals surface area contributed by atoms with E-state index < -0.39 is 47.1 Å². The van der Waals surface area contributed by atoms with Gasteiger partial charge >= 0.3 is 11.9 Å². The number of halogens is 1. The molecule has 0 heterocycles. The Balaban J connectivity index is 3.68.